The number of carbonyl (C=O) groups excluding carboxylic acids is 2. The van der Waals surface area contributed by atoms with E-state index in [-0.39, 0.29) is 6.29 Å². The summed E-state index contributed by atoms with van der Waals surface area (Å²) in [4.78, 5) is 23.9. The summed E-state index contributed by atoms with van der Waals surface area (Å²) in [5.74, 6) is -0.947. The molecule has 1 aromatic carbocycles. The minimum absolute atomic E-state index is 0.133. The van der Waals surface area contributed by atoms with Crippen LogP contribution in [0, 0.1) is 5.82 Å². The summed E-state index contributed by atoms with van der Waals surface area (Å²) >= 11 is 0. The quantitative estimate of drug-likeness (QED) is 0.621. The molecular weight excluding hydrogens is 318 g/mol. The van der Waals surface area contributed by atoms with Crippen LogP contribution < -0.4 is 0 Å². The second-order valence-corrected chi connectivity index (χ2v) is 5.90. The normalized spacial score (nSPS) is 13.4. The first-order valence-corrected chi connectivity index (χ1v) is 6.64. The number of alkyl halides is 3. The highest BCUT2D eigenvalue weighted by Gasteiger charge is 2.37. The molecule has 0 heterocycles. The zero-order chi connectivity index (χ0) is 18.0. The van der Waals surface area contributed by atoms with E-state index in [4.69, 9.17) is 4.74 Å². The Hall–Kier alpha value is -2.12. The second-order valence-electron chi connectivity index (χ2n) is 5.90. The molecule has 8 heteroatoms. The highest BCUT2D eigenvalue weighted by Crippen LogP contribution is 2.36. The highest BCUT2D eigenvalue weighted by atomic mass is 19.4. The molecule has 1 unspecified atom stereocenters. The number of ether oxygens (including phenoxy) is 1. The van der Waals surface area contributed by atoms with Gasteiger partial charge in [-0.25, -0.2) is 9.18 Å². The van der Waals surface area contributed by atoms with E-state index in [1.165, 1.54) is 0 Å². The Kier molecular flexibility index (Phi) is 5.39. The lowest BCUT2D eigenvalue weighted by Gasteiger charge is -2.29. The number of benzene rings is 1. The van der Waals surface area contributed by atoms with Gasteiger partial charge in [0.15, 0.2) is 0 Å². The molecule has 0 saturated carbocycles. The van der Waals surface area contributed by atoms with Crippen LogP contribution >= 0.6 is 0 Å². The number of aldehydes is 1. The molecule has 0 aliphatic heterocycles. The summed E-state index contributed by atoms with van der Waals surface area (Å²) in [7, 11) is 1.11. The molecule has 23 heavy (non-hydrogen) atoms. The molecule has 0 radical (unpaired) electrons. The lowest BCUT2D eigenvalue weighted by Crippen LogP contribution is -2.38. The summed E-state index contributed by atoms with van der Waals surface area (Å²) in [6.45, 7) is 4.70. The molecular formula is C15H17F4NO3. The maximum atomic E-state index is 13.3. The van der Waals surface area contributed by atoms with Crippen molar-refractivity contribution in [2.75, 3.05) is 7.05 Å². The number of amides is 1. The van der Waals surface area contributed by atoms with Gasteiger partial charge in [0.05, 0.1) is 5.56 Å². The smallest absolute Gasteiger partial charge is 0.416 e. The third-order valence-electron chi connectivity index (χ3n) is 2.87. The van der Waals surface area contributed by atoms with Gasteiger partial charge in [0, 0.05) is 7.05 Å². The summed E-state index contributed by atoms with van der Waals surface area (Å²) in [5.41, 5.74) is -2.74. The van der Waals surface area contributed by atoms with Gasteiger partial charge in [-0.1, -0.05) is 0 Å². The molecule has 0 aliphatic carbocycles. The van der Waals surface area contributed by atoms with Gasteiger partial charge in [0.1, 0.15) is 23.7 Å². The van der Waals surface area contributed by atoms with Crippen molar-refractivity contribution in [3.8, 4) is 0 Å². The maximum absolute atomic E-state index is 13.3. The predicted molar refractivity (Wildman–Crippen MR) is 74.2 cm³/mol. The van der Waals surface area contributed by atoms with E-state index >= 15 is 0 Å². The lowest BCUT2D eigenvalue weighted by molar-refractivity contribution is -0.139. The molecule has 0 N–H and O–H groups in total. The third-order valence-corrected chi connectivity index (χ3v) is 2.87. The minimum Gasteiger partial charge on any atom is -0.444 e. The van der Waals surface area contributed by atoms with Crippen LogP contribution in [0.3, 0.4) is 0 Å². The topological polar surface area (TPSA) is 46.6 Å². The zero-order valence-corrected chi connectivity index (χ0v) is 13.1. The van der Waals surface area contributed by atoms with Crippen LogP contribution in [0.25, 0.3) is 0 Å². The fourth-order valence-corrected chi connectivity index (χ4v) is 1.86. The first-order chi connectivity index (χ1) is 10.4. The monoisotopic (exact) mass is 335 g/mol. The first kappa shape index (κ1) is 18.9. The van der Waals surface area contributed by atoms with Gasteiger partial charge in [-0.05, 0) is 44.5 Å². The maximum Gasteiger partial charge on any atom is 0.416 e. The van der Waals surface area contributed by atoms with Gasteiger partial charge in [0.25, 0.3) is 0 Å². The van der Waals surface area contributed by atoms with E-state index in [9.17, 15) is 27.2 Å². The van der Waals surface area contributed by atoms with E-state index in [0.29, 0.717) is 23.1 Å². The van der Waals surface area contributed by atoms with Crippen LogP contribution in [0.2, 0.25) is 0 Å². The van der Waals surface area contributed by atoms with Gasteiger partial charge >= 0.3 is 12.3 Å². The zero-order valence-electron chi connectivity index (χ0n) is 13.1. The number of nitrogens with zero attached hydrogens (tertiary/aromatic N) is 1. The van der Waals surface area contributed by atoms with Crippen molar-refractivity contribution in [2.24, 2.45) is 0 Å². The molecule has 0 aromatic heterocycles. The standard InChI is InChI=1S/C15H17F4NO3/c1-14(2,3)23-13(22)20(4)12(8-21)10-7-9(16)5-6-11(10)15(17,18)19/h5-8,12H,1-4H3. The van der Waals surface area contributed by atoms with Crippen molar-refractivity contribution >= 4 is 12.4 Å². The SMILES string of the molecule is CN(C(=O)OC(C)(C)C)C(C=O)c1cc(F)ccc1C(F)(F)F. The highest BCUT2D eigenvalue weighted by molar-refractivity contribution is 5.75. The average Bonchev–Trinajstić information content (AvgIpc) is 2.36. The van der Waals surface area contributed by atoms with Crippen molar-refractivity contribution in [3.05, 3.63) is 35.1 Å². The van der Waals surface area contributed by atoms with Crippen molar-refractivity contribution in [1.82, 2.24) is 4.90 Å². The Morgan fingerprint density at radius 1 is 1.26 bits per heavy atom. The molecule has 0 spiro atoms. The van der Waals surface area contributed by atoms with E-state index < -0.39 is 40.9 Å². The van der Waals surface area contributed by atoms with Crippen LogP contribution in [0.5, 0.6) is 0 Å². The molecule has 0 saturated heterocycles. The first-order valence-electron chi connectivity index (χ1n) is 6.64. The molecule has 1 aromatic rings. The Bertz CT molecular complexity index is 593. The van der Waals surface area contributed by atoms with Crippen molar-refractivity contribution < 1.29 is 31.9 Å². The summed E-state index contributed by atoms with van der Waals surface area (Å²) < 4.78 is 57.5. The van der Waals surface area contributed by atoms with Crippen LogP contribution in [-0.4, -0.2) is 29.9 Å². The van der Waals surface area contributed by atoms with Gasteiger partial charge in [-0.15, -0.1) is 0 Å². The number of rotatable bonds is 3. The minimum atomic E-state index is -4.79. The van der Waals surface area contributed by atoms with Gasteiger partial charge in [-0.2, -0.15) is 13.2 Å². The lowest BCUT2D eigenvalue weighted by atomic mass is 9.99. The fraction of sp³-hybridized carbons (Fsp3) is 0.467. The number of likely N-dealkylation sites (N-methyl/N-ethyl adjacent to an activating group) is 1. The molecule has 0 bridgehead atoms. The van der Waals surface area contributed by atoms with Crippen LogP contribution in [0.1, 0.15) is 37.9 Å². The number of halogens is 4. The summed E-state index contributed by atoms with van der Waals surface area (Å²) in [6.07, 6.45) is -5.65. The van der Waals surface area contributed by atoms with Gasteiger partial charge in [0.2, 0.25) is 0 Å². The van der Waals surface area contributed by atoms with Gasteiger partial charge < -0.3 is 9.53 Å². The fourth-order valence-electron chi connectivity index (χ4n) is 1.86. The van der Waals surface area contributed by atoms with Crippen LogP contribution in [0.4, 0.5) is 22.4 Å². The second kappa shape index (κ2) is 6.55. The Labute approximate surface area is 131 Å². The van der Waals surface area contributed by atoms with Crippen LogP contribution in [-0.2, 0) is 15.7 Å². The Morgan fingerprint density at radius 2 is 1.83 bits per heavy atom. The Balaban J connectivity index is 3.27. The Morgan fingerprint density at radius 3 is 2.26 bits per heavy atom. The molecule has 1 amide bonds. The molecule has 4 nitrogen and oxygen atoms in total. The van der Waals surface area contributed by atoms with Gasteiger partial charge in [-0.3, -0.25) is 4.90 Å². The number of hydrogen-bond donors (Lipinski definition) is 0. The third kappa shape index (κ3) is 4.94. The van der Waals surface area contributed by atoms with Crippen molar-refractivity contribution in [3.63, 3.8) is 0 Å². The van der Waals surface area contributed by atoms with E-state index in [0.717, 1.165) is 7.05 Å². The van der Waals surface area contributed by atoms with Crippen molar-refractivity contribution in [1.29, 1.82) is 0 Å². The molecule has 1 atom stereocenters. The molecule has 1 rings (SSSR count). The summed E-state index contributed by atoms with van der Waals surface area (Å²) in [5, 5.41) is 0. The predicted octanol–water partition coefficient (Wildman–Crippen LogP) is 3.95. The van der Waals surface area contributed by atoms with Crippen molar-refractivity contribution in [2.45, 2.75) is 38.6 Å². The molecule has 128 valence electrons. The molecule has 0 aliphatic rings. The summed E-state index contributed by atoms with van der Waals surface area (Å²) in [6, 6.07) is 0.131. The van der Waals surface area contributed by atoms with E-state index in [1.807, 2.05) is 0 Å². The van der Waals surface area contributed by atoms with Crippen LogP contribution in [0.15, 0.2) is 18.2 Å². The van der Waals surface area contributed by atoms with E-state index in [2.05, 4.69) is 0 Å². The largest absolute Gasteiger partial charge is 0.444 e. The number of carbonyl (C=O) groups is 2. The average molecular weight is 335 g/mol. The van der Waals surface area contributed by atoms with E-state index in [1.54, 1.807) is 20.8 Å². The molecule has 0 fully saturated rings. The number of hydrogen-bond acceptors (Lipinski definition) is 3.